The van der Waals surface area contributed by atoms with Crippen LogP contribution in [0.2, 0.25) is 0 Å². The first kappa shape index (κ1) is 17.5. The molecule has 0 aromatic carbocycles. The second-order valence-electron chi connectivity index (χ2n) is 7.76. The van der Waals surface area contributed by atoms with Crippen LogP contribution in [-0.4, -0.2) is 28.6 Å². The first-order chi connectivity index (χ1) is 11.6. The number of esters is 1. The van der Waals surface area contributed by atoms with Gasteiger partial charge in [0.15, 0.2) is 5.78 Å². The van der Waals surface area contributed by atoms with Crippen LogP contribution >= 0.6 is 0 Å². The largest absolute Gasteiger partial charge is 0.466 e. The van der Waals surface area contributed by atoms with Crippen LogP contribution in [-0.2, 0) is 21.4 Å². The number of hydrogen-bond donors (Lipinski definition) is 1. The van der Waals surface area contributed by atoms with E-state index in [2.05, 4.69) is 24.3 Å². The minimum atomic E-state index is -0.430. The van der Waals surface area contributed by atoms with Crippen molar-refractivity contribution in [3.63, 3.8) is 0 Å². The molecule has 134 valence electrons. The molecule has 0 radical (unpaired) electrons. The van der Waals surface area contributed by atoms with Gasteiger partial charge >= 0.3 is 5.97 Å². The summed E-state index contributed by atoms with van der Waals surface area (Å²) in [4.78, 5) is 25.5. The van der Waals surface area contributed by atoms with Crippen molar-refractivity contribution in [1.29, 1.82) is 0 Å². The number of nitrogens with zero attached hydrogens (tertiary/aromatic N) is 2. The monoisotopic (exact) mass is 343 g/mol. The van der Waals surface area contributed by atoms with Gasteiger partial charge < -0.3 is 10.1 Å². The molecule has 25 heavy (non-hydrogen) atoms. The predicted octanol–water partition coefficient (Wildman–Crippen LogP) is 2.51. The summed E-state index contributed by atoms with van der Waals surface area (Å²) in [6.45, 7) is 7.95. The molecule has 0 bridgehead atoms. The lowest BCUT2D eigenvalue weighted by molar-refractivity contribution is -0.136. The Morgan fingerprint density at radius 3 is 2.60 bits per heavy atom. The molecule has 0 unspecified atom stereocenters. The topological polar surface area (TPSA) is 73.2 Å². The van der Waals surface area contributed by atoms with E-state index in [1.54, 1.807) is 4.68 Å². The number of nitrogens with one attached hydrogen (secondary N) is 1. The van der Waals surface area contributed by atoms with Crippen LogP contribution in [0.4, 0.5) is 0 Å². The van der Waals surface area contributed by atoms with E-state index in [0.717, 1.165) is 29.1 Å². The van der Waals surface area contributed by atoms with Crippen LogP contribution < -0.4 is 5.32 Å². The maximum absolute atomic E-state index is 13.0. The highest BCUT2D eigenvalue weighted by atomic mass is 16.5. The van der Waals surface area contributed by atoms with E-state index in [-0.39, 0.29) is 11.2 Å². The van der Waals surface area contributed by atoms with Crippen LogP contribution in [0.15, 0.2) is 28.7 Å². The molecule has 6 nitrogen and oxygen atoms in total. The number of hydrogen-bond acceptors (Lipinski definition) is 5. The maximum atomic E-state index is 13.0. The quantitative estimate of drug-likeness (QED) is 0.835. The Labute approximate surface area is 147 Å². The molecule has 2 aliphatic rings. The van der Waals surface area contributed by atoms with E-state index in [9.17, 15) is 9.59 Å². The molecule has 0 saturated heterocycles. The van der Waals surface area contributed by atoms with Crippen molar-refractivity contribution in [1.82, 2.24) is 15.1 Å². The Hall–Kier alpha value is -2.37. The van der Waals surface area contributed by atoms with E-state index in [1.165, 1.54) is 7.11 Å². The summed E-state index contributed by atoms with van der Waals surface area (Å²) in [6, 6.07) is 0. The van der Waals surface area contributed by atoms with Crippen LogP contribution in [0.25, 0.3) is 0 Å². The number of carbonyl (C=O) groups excluding carboxylic acids is 2. The Morgan fingerprint density at radius 2 is 2.04 bits per heavy atom. The van der Waals surface area contributed by atoms with E-state index >= 15 is 0 Å². The van der Waals surface area contributed by atoms with Crippen LogP contribution in [0.3, 0.4) is 0 Å². The highest BCUT2D eigenvalue weighted by Crippen LogP contribution is 2.47. The fraction of sp³-hybridized carbons (Fsp3) is 0.526. The van der Waals surface area contributed by atoms with Gasteiger partial charge in [-0.2, -0.15) is 5.10 Å². The van der Waals surface area contributed by atoms with Crippen molar-refractivity contribution < 1.29 is 14.3 Å². The number of aromatic nitrogens is 2. The van der Waals surface area contributed by atoms with Gasteiger partial charge in [0.1, 0.15) is 0 Å². The van der Waals surface area contributed by atoms with Gasteiger partial charge in [-0.3, -0.25) is 9.48 Å². The molecule has 3 rings (SSSR count). The molecule has 6 heteroatoms. The number of dihydropyridines is 1. The highest BCUT2D eigenvalue weighted by Gasteiger charge is 2.43. The SMILES string of the molecule is COC(=O)C1=C(C)NC2=C(C(=O)CC(C)(C)C2)[C@@H]1c1cn(C)nc1C. The molecule has 1 aromatic heterocycles. The molecule has 0 saturated carbocycles. The normalized spacial score (nSPS) is 22.6. The van der Waals surface area contributed by atoms with Crippen molar-refractivity contribution in [2.45, 2.75) is 46.5 Å². The Balaban J connectivity index is 2.23. The summed E-state index contributed by atoms with van der Waals surface area (Å²) < 4.78 is 6.73. The molecule has 0 spiro atoms. The lowest BCUT2D eigenvalue weighted by atomic mass is 9.68. The van der Waals surface area contributed by atoms with Crippen LogP contribution in [0.1, 0.15) is 50.8 Å². The second kappa shape index (κ2) is 5.86. The van der Waals surface area contributed by atoms with E-state index in [4.69, 9.17) is 4.74 Å². The number of rotatable bonds is 2. The first-order valence-electron chi connectivity index (χ1n) is 8.47. The molecule has 1 aromatic rings. The van der Waals surface area contributed by atoms with E-state index < -0.39 is 11.9 Å². The minimum Gasteiger partial charge on any atom is -0.466 e. The van der Waals surface area contributed by atoms with Crippen molar-refractivity contribution >= 4 is 11.8 Å². The summed E-state index contributed by atoms with van der Waals surface area (Å²) in [5.74, 6) is -0.760. The van der Waals surface area contributed by atoms with Gasteiger partial charge in [0.25, 0.3) is 0 Å². The third kappa shape index (κ3) is 2.90. The lowest BCUT2D eigenvalue weighted by Crippen LogP contribution is -2.38. The molecule has 1 aliphatic heterocycles. The number of methoxy groups -OCH3 is 1. The molecule has 1 atom stereocenters. The molecule has 1 N–H and O–H groups in total. The zero-order chi connectivity index (χ0) is 18.5. The fourth-order valence-electron chi connectivity index (χ4n) is 4.03. The minimum absolute atomic E-state index is 0.0842. The van der Waals surface area contributed by atoms with Gasteiger partial charge in [0.05, 0.1) is 24.3 Å². The summed E-state index contributed by atoms with van der Waals surface area (Å²) in [5, 5.41) is 7.72. The number of allylic oxidation sites excluding steroid dienone is 3. The number of ketones is 1. The molecule has 0 amide bonds. The average Bonchev–Trinajstić information content (AvgIpc) is 2.82. The van der Waals surface area contributed by atoms with Gasteiger partial charge in [0, 0.05) is 42.2 Å². The van der Waals surface area contributed by atoms with Crippen LogP contribution in [0, 0.1) is 12.3 Å². The first-order valence-corrected chi connectivity index (χ1v) is 8.47. The number of ether oxygens (including phenoxy) is 1. The van der Waals surface area contributed by atoms with Gasteiger partial charge in [-0.1, -0.05) is 13.8 Å². The smallest absolute Gasteiger partial charge is 0.336 e. The van der Waals surface area contributed by atoms with E-state index in [0.29, 0.717) is 17.6 Å². The molecule has 1 aliphatic carbocycles. The standard InChI is InChI=1S/C19H25N3O3/c1-10-12(9-22(5)21-10)16-15(18(24)25-6)11(2)20-13-7-19(3,4)8-14(23)17(13)16/h9,16,20H,7-8H2,1-6H3/t16-/m1/s1. The Bertz CT molecular complexity index is 827. The number of carbonyl (C=O) groups is 2. The fourth-order valence-corrected chi connectivity index (χ4v) is 4.03. The molecule has 0 fully saturated rings. The Morgan fingerprint density at radius 1 is 1.36 bits per heavy atom. The highest BCUT2D eigenvalue weighted by molar-refractivity contribution is 6.04. The second-order valence-corrected chi connectivity index (χ2v) is 7.76. The predicted molar refractivity (Wildman–Crippen MR) is 93.6 cm³/mol. The van der Waals surface area contributed by atoms with Gasteiger partial charge in [-0.25, -0.2) is 4.79 Å². The van der Waals surface area contributed by atoms with Crippen LogP contribution in [0.5, 0.6) is 0 Å². The summed E-state index contributed by atoms with van der Waals surface area (Å²) in [5.41, 5.74) is 4.42. The summed E-state index contributed by atoms with van der Waals surface area (Å²) in [7, 11) is 3.21. The lowest BCUT2D eigenvalue weighted by Gasteiger charge is -2.39. The van der Waals surface area contributed by atoms with Gasteiger partial charge in [0.2, 0.25) is 0 Å². The third-order valence-electron chi connectivity index (χ3n) is 5.01. The van der Waals surface area contributed by atoms with Gasteiger partial charge in [-0.15, -0.1) is 0 Å². The average molecular weight is 343 g/mol. The van der Waals surface area contributed by atoms with Crippen molar-refractivity contribution in [2.75, 3.05) is 7.11 Å². The van der Waals surface area contributed by atoms with Crippen molar-refractivity contribution in [3.8, 4) is 0 Å². The third-order valence-corrected chi connectivity index (χ3v) is 5.01. The Kier molecular flexibility index (Phi) is 4.09. The maximum Gasteiger partial charge on any atom is 0.336 e. The van der Waals surface area contributed by atoms with Crippen molar-refractivity contribution in [3.05, 3.63) is 40.0 Å². The molecule has 2 heterocycles. The van der Waals surface area contributed by atoms with E-state index in [1.807, 2.05) is 27.1 Å². The number of Topliss-reactive ketones (excluding diaryl/α,β-unsaturated/α-hetero) is 1. The molecular weight excluding hydrogens is 318 g/mol. The van der Waals surface area contributed by atoms with Gasteiger partial charge in [-0.05, 0) is 25.7 Å². The number of aryl methyl sites for hydroxylation is 2. The summed E-state index contributed by atoms with van der Waals surface area (Å²) >= 11 is 0. The zero-order valence-corrected chi connectivity index (χ0v) is 15.7. The summed E-state index contributed by atoms with van der Waals surface area (Å²) in [6.07, 6.45) is 3.13. The zero-order valence-electron chi connectivity index (χ0n) is 15.7. The van der Waals surface area contributed by atoms with Crippen molar-refractivity contribution in [2.24, 2.45) is 12.5 Å². The molecular formula is C19H25N3O3.